The van der Waals surface area contributed by atoms with E-state index >= 15 is 0 Å². The molecule has 9 nitrogen and oxygen atoms in total. The first kappa shape index (κ1) is 14.0. The highest BCUT2D eigenvalue weighted by Crippen LogP contribution is 2.11. The molecule has 0 aliphatic rings. The molecule has 2 heterocycles. The van der Waals surface area contributed by atoms with Crippen molar-refractivity contribution in [3.8, 4) is 6.01 Å². The van der Waals surface area contributed by atoms with Crippen LogP contribution >= 0.6 is 0 Å². The van der Waals surface area contributed by atoms with Gasteiger partial charge in [-0.15, -0.1) is 10.2 Å². The SMILES string of the molecule is CCn1cnnc1CNc1nc(N)nc(OC(C)C)n1. The van der Waals surface area contributed by atoms with Crippen LogP contribution in [0.4, 0.5) is 11.9 Å². The van der Waals surface area contributed by atoms with E-state index in [2.05, 4.69) is 30.5 Å². The summed E-state index contributed by atoms with van der Waals surface area (Å²) in [6, 6.07) is 0.201. The Kier molecular flexibility index (Phi) is 4.28. The average Bonchev–Trinajstić information content (AvgIpc) is 2.82. The molecule has 0 spiro atoms. The topological polar surface area (TPSA) is 117 Å². The minimum absolute atomic E-state index is 0.0344. The highest BCUT2D eigenvalue weighted by atomic mass is 16.5. The lowest BCUT2D eigenvalue weighted by Crippen LogP contribution is -2.14. The fourth-order valence-electron chi connectivity index (χ4n) is 1.55. The Morgan fingerprint density at radius 2 is 2.15 bits per heavy atom. The van der Waals surface area contributed by atoms with E-state index in [-0.39, 0.29) is 18.1 Å². The van der Waals surface area contributed by atoms with Crippen LogP contribution in [0.25, 0.3) is 0 Å². The fraction of sp³-hybridized carbons (Fsp3) is 0.545. The lowest BCUT2D eigenvalue weighted by atomic mass is 10.5. The number of aromatic nitrogens is 6. The molecule has 108 valence electrons. The third kappa shape index (κ3) is 3.53. The minimum atomic E-state index is -0.0344. The Bertz CT molecular complexity index is 567. The van der Waals surface area contributed by atoms with E-state index in [1.165, 1.54) is 0 Å². The zero-order valence-corrected chi connectivity index (χ0v) is 11.7. The van der Waals surface area contributed by atoms with Gasteiger partial charge in [-0.3, -0.25) is 0 Å². The van der Waals surface area contributed by atoms with Crippen molar-refractivity contribution in [2.24, 2.45) is 0 Å². The lowest BCUT2D eigenvalue weighted by Gasteiger charge is -2.10. The largest absolute Gasteiger partial charge is 0.461 e. The standard InChI is InChI=1S/C11H18N8O/c1-4-19-6-14-18-8(19)5-13-10-15-9(12)16-11(17-10)20-7(2)3/h6-7H,4-5H2,1-3H3,(H3,12,13,15,16,17). The van der Waals surface area contributed by atoms with Gasteiger partial charge in [0.2, 0.25) is 11.9 Å². The van der Waals surface area contributed by atoms with Gasteiger partial charge in [0.1, 0.15) is 6.33 Å². The minimum Gasteiger partial charge on any atom is -0.461 e. The molecule has 0 amide bonds. The van der Waals surface area contributed by atoms with Crippen molar-refractivity contribution in [1.82, 2.24) is 29.7 Å². The summed E-state index contributed by atoms with van der Waals surface area (Å²) in [5.74, 6) is 1.24. The van der Waals surface area contributed by atoms with Gasteiger partial charge >= 0.3 is 6.01 Å². The van der Waals surface area contributed by atoms with Crippen molar-refractivity contribution in [3.05, 3.63) is 12.2 Å². The first-order valence-electron chi connectivity index (χ1n) is 6.37. The van der Waals surface area contributed by atoms with E-state index in [1.54, 1.807) is 6.33 Å². The van der Waals surface area contributed by atoms with E-state index in [4.69, 9.17) is 10.5 Å². The Morgan fingerprint density at radius 1 is 1.35 bits per heavy atom. The molecule has 0 aliphatic carbocycles. The zero-order valence-electron chi connectivity index (χ0n) is 11.7. The summed E-state index contributed by atoms with van der Waals surface area (Å²) in [5.41, 5.74) is 5.62. The van der Waals surface area contributed by atoms with Gasteiger partial charge in [0.15, 0.2) is 5.82 Å². The summed E-state index contributed by atoms with van der Waals surface area (Å²) in [7, 11) is 0. The first-order valence-corrected chi connectivity index (χ1v) is 6.37. The maximum absolute atomic E-state index is 5.62. The average molecular weight is 278 g/mol. The van der Waals surface area contributed by atoms with Crippen molar-refractivity contribution >= 4 is 11.9 Å². The normalized spacial score (nSPS) is 10.8. The van der Waals surface area contributed by atoms with Crippen molar-refractivity contribution < 1.29 is 4.74 Å². The van der Waals surface area contributed by atoms with Crippen LogP contribution in [-0.4, -0.2) is 35.8 Å². The summed E-state index contributed by atoms with van der Waals surface area (Å²) in [6.45, 7) is 7.03. The Labute approximate surface area is 116 Å². The van der Waals surface area contributed by atoms with Gasteiger partial charge in [-0.25, -0.2) is 0 Å². The highest BCUT2D eigenvalue weighted by Gasteiger charge is 2.08. The van der Waals surface area contributed by atoms with Crippen LogP contribution in [0.2, 0.25) is 0 Å². The first-order chi connectivity index (χ1) is 9.58. The van der Waals surface area contributed by atoms with E-state index in [0.29, 0.717) is 12.5 Å². The molecular weight excluding hydrogens is 260 g/mol. The second-order valence-corrected chi connectivity index (χ2v) is 4.35. The molecule has 0 radical (unpaired) electrons. The molecule has 0 unspecified atom stereocenters. The fourth-order valence-corrected chi connectivity index (χ4v) is 1.55. The van der Waals surface area contributed by atoms with E-state index in [1.807, 2.05) is 25.3 Å². The molecule has 2 aromatic rings. The molecule has 0 saturated heterocycles. The van der Waals surface area contributed by atoms with Crippen LogP contribution < -0.4 is 15.8 Å². The molecule has 2 rings (SSSR count). The molecular formula is C11H18N8O. The zero-order chi connectivity index (χ0) is 14.5. The molecule has 0 aliphatic heterocycles. The predicted molar refractivity (Wildman–Crippen MR) is 73.0 cm³/mol. The van der Waals surface area contributed by atoms with Crippen molar-refractivity contribution in [2.45, 2.75) is 40.0 Å². The Balaban J connectivity index is 2.07. The van der Waals surface area contributed by atoms with Crippen LogP contribution in [0.5, 0.6) is 6.01 Å². The number of nitrogens with one attached hydrogen (secondary N) is 1. The molecule has 0 saturated carbocycles. The second kappa shape index (κ2) is 6.13. The maximum atomic E-state index is 5.62. The maximum Gasteiger partial charge on any atom is 0.323 e. The number of anilines is 2. The quantitative estimate of drug-likeness (QED) is 0.782. The smallest absolute Gasteiger partial charge is 0.323 e. The molecule has 20 heavy (non-hydrogen) atoms. The third-order valence-corrected chi connectivity index (χ3v) is 2.41. The van der Waals surface area contributed by atoms with Crippen molar-refractivity contribution in [2.75, 3.05) is 11.1 Å². The van der Waals surface area contributed by atoms with Gasteiger partial charge in [-0.05, 0) is 20.8 Å². The number of rotatable bonds is 6. The van der Waals surface area contributed by atoms with Crippen LogP contribution in [0, 0.1) is 0 Å². The van der Waals surface area contributed by atoms with Gasteiger partial charge in [0.25, 0.3) is 0 Å². The summed E-state index contributed by atoms with van der Waals surface area (Å²) < 4.78 is 7.32. The third-order valence-electron chi connectivity index (χ3n) is 2.41. The van der Waals surface area contributed by atoms with E-state index in [0.717, 1.165) is 12.4 Å². The van der Waals surface area contributed by atoms with Gasteiger partial charge in [0, 0.05) is 6.54 Å². The van der Waals surface area contributed by atoms with E-state index in [9.17, 15) is 0 Å². The number of aryl methyl sites for hydroxylation is 1. The van der Waals surface area contributed by atoms with Gasteiger partial charge < -0.3 is 20.4 Å². The van der Waals surface area contributed by atoms with Crippen LogP contribution in [0.3, 0.4) is 0 Å². The molecule has 0 atom stereocenters. The summed E-state index contributed by atoms with van der Waals surface area (Å²) in [5, 5.41) is 10.9. The molecule has 0 fully saturated rings. The molecule has 9 heteroatoms. The number of hydrogen-bond acceptors (Lipinski definition) is 8. The number of ether oxygens (including phenoxy) is 1. The lowest BCUT2D eigenvalue weighted by molar-refractivity contribution is 0.222. The number of hydrogen-bond donors (Lipinski definition) is 2. The monoisotopic (exact) mass is 278 g/mol. The van der Waals surface area contributed by atoms with Crippen LogP contribution in [0.1, 0.15) is 26.6 Å². The van der Waals surface area contributed by atoms with Crippen molar-refractivity contribution in [3.63, 3.8) is 0 Å². The number of nitrogens with two attached hydrogens (primary N) is 1. The predicted octanol–water partition coefficient (Wildman–Crippen LogP) is 0.464. The Hall–Kier alpha value is -2.45. The summed E-state index contributed by atoms with van der Waals surface area (Å²) in [6.07, 6.45) is 1.64. The van der Waals surface area contributed by atoms with Gasteiger partial charge in [-0.1, -0.05) is 0 Å². The molecule has 0 bridgehead atoms. The number of nitrogen functional groups attached to an aromatic ring is 1. The summed E-state index contributed by atoms with van der Waals surface area (Å²) >= 11 is 0. The van der Waals surface area contributed by atoms with E-state index < -0.39 is 0 Å². The van der Waals surface area contributed by atoms with Crippen LogP contribution in [0.15, 0.2) is 6.33 Å². The summed E-state index contributed by atoms with van der Waals surface area (Å²) in [4.78, 5) is 12.1. The highest BCUT2D eigenvalue weighted by molar-refractivity contribution is 5.32. The molecule has 0 aromatic carbocycles. The molecule has 2 aromatic heterocycles. The van der Waals surface area contributed by atoms with Crippen LogP contribution in [-0.2, 0) is 13.1 Å². The van der Waals surface area contributed by atoms with Gasteiger partial charge in [-0.2, -0.15) is 15.0 Å². The number of nitrogens with zero attached hydrogens (tertiary/aromatic N) is 6. The second-order valence-electron chi connectivity index (χ2n) is 4.35. The Morgan fingerprint density at radius 3 is 2.85 bits per heavy atom. The molecule has 3 N–H and O–H groups in total. The van der Waals surface area contributed by atoms with Gasteiger partial charge in [0.05, 0.1) is 12.6 Å². The van der Waals surface area contributed by atoms with Crippen molar-refractivity contribution in [1.29, 1.82) is 0 Å².